The van der Waals surface area contributed by atoms with Crippen LogP contribution < -0.4 is 4.90 Å². The van der Waals surface area contributed by atoms with Crippen molar-refractivity contribution < 1.29 is 34.4 Å². The molecule has 0 saturated carbocycles. The first-order valence-electron chi connectivity index (χ1n) is 10.2. The van der Waals surface area contributed by atoms with E-state index in [0.29, 0.717) is 19.6 Å². The van der Waals surface area contributed by atoms with E-state index >= 15 is 0 Å². The summed E-state index contributed by atoms with van der Waals surface area (Å²) in [7, 11) is 3.58. The molecule has 5 atom stereocenters. The number of nitrogens with zero attached hydrogens (tertiary/aromatic N) is 3. The number of hydrogen-bond acceptors (Lipinski definition) is 7. The van der Waals surface area contributed by atoms with Crippen LogP contribution >= 0.6 is 0 Å². The second-order valence-electron chi connectivity index (χ2n) is 8.35. The van der Waals surface area contributed by atoms with E-state index in [0.717, 1.165) is 11.4 Å². The number of likely N-dealkylation sites (N-methyl/N-ethyl adjacent to an activating group) is 1. The van der Waals surface area contributed by atoms with Gasteiger partial charge >= 0.3 is 5.97 Å². The van der Waals surface area contributed by atoms with Gasteiger partial charge in [-0.2, -0.15) is 0 Å². The number of rotatable bonds is 8. The van der Waals surface area contributed by atoms with E-state index < -0.39 is 36.6 Å². The Labute approximate surface area is 181 Å². The van der Waals surface area contributed by atoms with Crippen molar-refractivity contribution in [1.29, 1.82) is 0 Å². The summed E-state index contributed by atoms with van der Waals surface area (Å²) in [6, 6.07) is 15.6. The van der Waals surface area contributed by atoms with Crippen molar-refractivity contribution in [2.24, 2.45) is 0 Å². The maximum Gasteiger partial charge on any atom is 0.335 e. The summed E-state index contributed by atoms with van der Waals surface area (Å²) < 4.78 is 5.62. The Morgan fingerprint density at radius 3 is 2.32 bits per heavy atom. The van der Waals surface area contributed by atoms with Gasteiger partial charge in [-0.15, -0.1) is 0 Å². The van der Waals surface area contributed by atoms with Crippen LogP contribution in [0.25, 0.3) is 0 Å². The Bertz CT molecular complexity index is 851. The van der Waals surface area contributed by atoms with Crippen molar-refractivity contribution in [3.05, 3.63) is 60.3 Å². The lowest BCUT2D eigenvalue weighted by molar-refractivity contribution is -0.943. The van der Waals surface area contributed by atoms with Crippen molar-refractivity contribution in [3.8, 4) is 0 Å². The number of quaternary nitrogens is 1. The maximum absolute atomic E-state index is 11.4. The molecule has 1 aromatic carbocycles. The molecule has 0 spiro atoms. The highest BCUT2D eigenvalue weighted by atomic mass is 16.6. The van der Waals surface area contributed by atoms with E-state index in [4.69, 9.17) is 4.74 Å². The number of aliphatic hydroxyl groups is 3. The number of pyridine rings is 1. The highest BCUT2D eigenvalue weighted by Crippen LogP contribution is 2.27. The first-order chi connectivity index (χ1) is 14.7. The van der Waals surface area contributed by atoms with Crippen LogP contribution in [0.4, 0.5) is 5.82 Å². The van der Waals surface area contributed by atoms with Gasteiger partial charge in [0.2, 0.25) is 6.23 Å². The molecule has 9 nitrogen and oxygen atoms in total. The van der Waals surface area contributed by atoms with Crippen LogP contribution in [0, 0.1) is 0 Å². The average molecular weight is 432 g/mol. The summed E-state index contributed by atoms with van der Waals surface area (Å²) in [5, 5.41) is 39.9. The maximum atomic E-state index is 11.4. The molecular weight excluding hydrogens is 402 g/mol. The SMILES string of the molecule is C[N+](C)(CCN(Cc1ccccc1)c1ccccn1)[C@@H]1O[C@H](C(=O)O)[C@@H](O)[C@H](O)[C@H]1O. The molecule has 0 aliphatic carbocycles. The fourth-order valence-corrected chi connectivity index (χ4v) is 3.77. The van der Waals surface area contributed by atoms with Gasteiger partial charge in [0, 0.05) is 12.7 Å². The van der Waals surface area contributed by atoms with E-state index in [2.05, 4.69) is 9.88 Å². The molecule has 1 aliphatic heterocycles. The number of aliphatic carboxylic acids is 1. The summed E-state index contributed by atoms with van der Waals surface area (Å²) in [5.74, 6) is -0.599. The smallest absolute Gasteiger partial charge is 0.335 e. The van der Waals surface area contributed by atoms with Gasteiger partial charge in [0.25, 0.3) is 0 Å². The standard InChI is InChI=1S/C22H29N3O6/c1-25(2,21-19(28)17(26)18(27)20(31-21)22(29)30)13-12-24(16-10-6-7-11-23-16)14-15-8-4-3-5-9-15/h3-11,17-21,26-28H,12-14H2,1-2H3/p+1/t17-,18-,19+,20-,21+/m0/s1. The van der Waals surface area contributed by atoms with Crippen LogP contribution in [-0.2, 0) is 16.1 Å². The molecule has 0 radical (unpaired) electrons. The zero-order valence-electron chi connectivity index (χ0n) is 17.7. The fraction of sp³-hybridized carbons (Fsp3) is 0.455. The van der Waals surface area contributed by atoms with E-state index in [1.807, 2.05) is 48.5 Å². The molecule has 1 fully saturated rings. The zero-order valence-corrected chi connectivity index (χ0v) is 17.7. The van der Waals surface area contributed by atoms with Crippen LogP contribution in [-0.4, -0.2) is 93.7 Å². The van der Waals surface area contributed by atoms with Gasteiger partial charge < -0.3 is 30.1 Å². The number of hydrogen-bond donors (Lipinski definition) is 4. The minimum absolute atomic E-state index is 0.0762. The lowest BCUT2D eigenvalue weighted by Gasteiger charge is -2.46. The summed E-state index contributed by atoms with van der Waals surface area (Å²) in [6.07, 6.45) is -5.67. The van der Waals surface area contributed by atoms with Crippen molar-refractivity contribution in [3.63, 3.8) is 0 Å². The van der Waals surface area contributed by atoms with Crippen LogP contribution in [0.3, 0.4) is 0 Å². The van der Waals surface area contributed by atoms with Crippen molar-refractivity contribution in [2.75, 3.05) is 32.1 Å². The summed E-state index contributed by atoms with van der Waals surface area (Å²) in [6.45, 7) is 1.60. The Morgan fingerprint density at radius 1 is 1.03 bits per heavy atom. The van der Waals surface area contributed by atoms with Crippen molar-refractivity contribution >= 4 is 11.8 Å². The molecule has 0 unspecified atom stereocenters. The number of aromatic nitrogens is 1. The van der Waals surface area contributed by atoms with Gasteiger partial charge in [0.1, 0.15) is 18.0 Å². The second-order valence-corrected chi connectivity index (χ2v) is 8.35. The molecule has 1 aromatic heterocycles. The zero-order chi connectivity index (χ0) is 22.6. The third-order valence-electron chi connectivity index (χ3n) is 5.66. The van der Waals surface area contributed by atoms with Gasteiger partial charge in [0.15, 0.2) is 12.2 Å². The monoisotopic (exact) mass is 432 g/mol. The predicted molar refractivity (Wildman–Crippen MR) is 113 cm³/mol. The Kier molecular flexibility index (Phi) is 7.24. The Hall–Kier alpha value is -2.56. The quantitative estimate of drug-likeness (QED) is 0.432. The van der Waals surface area contributed by atoms with Crippen molar-refractivity contribution in [1.82, 2.24) is 4.98 Å². The van der Waals surface area contributed by atoms with Crippen LogP contribution in [0.15, 0.2) is 54.7 Å². The number of ether oxygens (including phenoxy) is 1. The molecule has 0 bridgehead atoms. The minimum Gasteiger partial charge on any atom is -0.479 e. The van der Waals surface area contributed by atoms with E-state index in [9.17, 15) is 25.2 Å². The second kappa shape index (κ2) is 9.71. The fourth-order valence-electron chi connectivity index (χ4n) is 3.77. The van der Waals surface area contributed by atoms with Gasteiger partial charge in [-0.25, -0.2) is 9.78 Å². The number of carboxylic acid groups (broad SMARTS) is 1. The molecule has 1 saturated heterocycles. The topological polar surface area (TPSA) is 123 Å². The molecule has 31 heavy (non-hydrogen) atoms. The number of benzene rings is 1. The highest BCUT2D eigenvalue weighted by Gasteiger charge is 2.52. The lowest BCUT2D eigenvalue weighted by Crippen LogP contribution is -2.69. The first-order valence-corrected chi connectivity index (χ1v) is 10.2. The minimum atomic E-state index is -1.70. The largest absolute Gasteiger partial charge is 0.479 e. The third kappa shape index (κ3) is 5.38. The molecule has 2 aromatic rings. The molecule has 3 rings (SSSR count). The number of carbonyl (C=O) groups is 1. The van der Waals surface area contributed by atoms with E-state index in [1.54, 1.807) is 20.3 Å². The molecule has 1 aliphatic rings. The normalized spacial score (nSPS) is 26.4. The highest BCUT2D eigenvalue weighted by molar-refractivity contribution is 5.73. The molecule has 0 amide bonds. The molecule has 168 valence electrons. The lowest BCUT2D eigenvalue weighted by atomic mass is 9.97. The van der Waals surface area contributed by atoms with Gasteiger partial charge in [-0.05, 0) is 17.7 Å². The molecule has 4 N–H and O–H groups in total. The molecular formula is C22H30N3O6+. The van der Waals surface area contributed by atoms with E-state index in [-0.39, 0.29) is 4.48 Å². The Morgan fingerprint density at radius 2 is 1.71 bits per heavy atom. The van der Waals surface area contributed by atoms with Crippen LogP contribution in [0.5, 0.6) is 0 Å². The number of carboxylic acids is 1. The Balaban J connectivity index is 1.77. The van der Waals surface area contributed by atoms with Gasteiger partial charge in [0.05, 0.1) is 27.2 Å². The average Bonchev–Trinajstić information content (AvgIpc) is 2.76. The first kappa shape index (κ1) is 23.1. The van der Waals surface area contributed by atoms with Gasteiger partial charge in [-0.1, -0.05) is 36.4 Å². The number of anilines is 1. The predicted octanol–water partition coefficient (Wildman–Crippen LogP) is 0.0568. The summed E-state index contributed by atoms with van der Waals surface area (Å²) in [5.41, 5.74) is 1.11. The number of aliphatic hydroxyl groups excluding tert-OH is 3. The summed E-state index contributed by atoms with van der Waals surface area (Å²) >= 11 is 0. The third-order valence-corrected chi connectivity index (χ3v) is 5.66. The van der Waals surface area contributed by atoms with Crippen LogP contribution in [0.1, 0.15) is 5.56 Å². The van der Waals surface area contributed by atoms with Crippen molar-refractivity contribution in [2.45, 2.75) is 37.2 Å². The summed E-state index contributed by atoms with van der Waals surface area (Å²) in [4.78, 5) is 18.0. The molecule has 2 heterocycles. The molecule has 9 heteroatoms. The van der Waals surface area contributed by atoms with E-state index in [1.165, 1.54) is 0 Å². The van der Waals surface area contributed by atoms with Crippen LogP contribution in [0.2, 0.25) is 0 Å². The van der Waals surface area contributed by atoms with Gasteiger partial charge in [-0.3, -0.25) is 4.48 Å².